The molecule has 0 N–H and O–H groups in total. The standard InChI is InChI=1S/C10H10BrFOS/c1-14-7-2-3-8(9(12)6-7)10(13)4-5-11/h2-3,6H,4-5H2,1H3. The minimum Gasteiger partial charge on any atom is -0.294 e. The van der Waals surface area contributed by atoms with Gasteiger partial charge in [-0.1, -0.05) is 15.9 Å². The maximum absolute atomic E-state index is 13.4. The van der Waals surface area contributed by atoms with Gasteiger partial charge in [-0.25, -0.2) is 4.39 Å². The van der Waals surface area contributed by atoms with Crippen LogP contribution in [0.1, 0.15) is 16.8 Å². The van der Waals surface area contributed by atoms with E-state index in [2.05, 4.69) is 15.9 Å². The quantitative estimate of drug-likeness (QED) is 0.476. The van der Waals surface area contributed by atoms with Gasteiger partial charge in [0.2, 0.25) is 0 Å². The molecule has 1 rings (SSSR count). The van der Waals surface area contributed by atoms with E-state index in [0.29, 0.717) is 11.8 Å². The Labute approximate surface area is 95.2 Å². The third-order valence-corrected chi connectivity index (χ3v) is 2.92. The molecule has 0 saturated heterocycles. The fourth-order valence-electron chi connectivity index (χ4n) is 1.07. The summed E-state index contributed by atoms with van der Waals surface area (Å²) in [7, 11) is 0. The van der Waals surface area contributed by atoms with E-state index in [1.165, 1.54) is 17.8 Å². The van der Waals surface area contributed by atoms with Crippen LogP contribution >= 0.6 is 27.7 Å². The van der Waals surface area contributed by atoms with Gasteiger partial charge in [-0.3, -0.25) is 4.79 Å². The summed E-state index contributed by atoms with van der Waals surface area (Å²) in [6.07, 6.45) is 2.20. The number of rotatable bonds is 4. The SMILES string of the molecule is CSc1ccc(C(=O)CCBr)c(F)c1. The van der Waals surface area contributed by atoms with E-state index in [4.69, 9.17) is 0 Å². The fourth-order valence-corrected chi connectivity index (χ4v) is 1.85. The Balaban J connectivity index is 2.94. The molecule has 0 unspecified atom stereocenters. The topological polar surface area (TPSA) is 17.1 Å². The molecular weight excluding hydrogens is 267 g/mol. The van der Waals surface area contributed by atoms with Gasteiger partial charge in [-0.05, 0) is 24.5 Å². The van der Waals surface area contributed by atoms with Crippen molar-refractivity contribution < 1.29 is 9.18 Å². The second-order valence-corrected chi connectivity index (χ2v) is 4.38. The van der Waals surface area contributed by atoms with Crippen molar-refractivity contribution in [1.82, 2.24) is 0 Å². The van der Waals surface area contributed by atoms with Gasteiger partial charge in [-0.15, -0.1) is 11.8 Å². The lowest BCUT2D eigenvalue weighted by Gasteiger charge is -2.02. The number of hydrogen-bond acceptors (Lipinski definition) is 2. The van der Waals surface area contributed by atoms with E-state index < -0.39 is 5.82 Å². The molecule has 14 heavy (non-hydrogen) atoms. The molecule has 0 aliphatic heterocycles. The average molecular weight is 277 g/mol. The molecule has 0 atom stereocenters. The van der Waals surface area contributed by atoms with Gasteiger partial charge in [0.1, 0.15) is 5.82 Å². The van der Waals surface area contributed by atoms with Crippen LogP contribution in [0.25, 0.3) is 0 Å². The normalized spacial score (nSPS) is 10.2. The van der Waals surface area contributed by atoms with Crippen LogP contribution in [0.15, 0.2) is 23.1 Å². The average Bonchev–Trinajstić information content (AvgIpc) is 2.17. The highest BCUT2D eigenvalue weighted by Crippen LogP contribution is 2.19. The zero-order valence-electron chi connectivity index (χ0n) is 7.72. The molecule has 1 aromatic rings. The van der Waals surface area contributed by atoms with Crippen molar-refractivity contribution in [3.05, 3.63) is 29.6 Å². The molecule has 0 aliphatic rings. The predicted molar refractivity (Wildman–Crippen MR) is 60.9 cm³/mol. The van der Waals surface area contributed by atoms with Crippen molar-refractivity contribution >= 4 is 33.5 Å². The van der Waals surface area contributed by atoms with Crippen LogP contribution in [0.2, 0.25) is 0 Å². The fraction of sp³-hybridized carbons (Fsp3) is 0.300. The summed E-state index contributed by atoms with van der Waals surface area (Å²) in [4.78, 5) is 12.2. The summed E-state index contributed by atoms with van der Waals surface area (Å²) < 4.78 is 13.4. The van der Waals surface area contributed by atoms with Gasteiger partial charge >= 0.3 is 0 Å². The van der Waals surface area contributed by atoms with Crippen molar-refractivity contribution in [2.75, 3.05) is 11.6 Å². The Morgan fingerprint density at radius 3 is 2.79 bits per heavy atom. The number of benzene rings is 1. The van der Waals surface area contributed by atoms with Crippen LogP contribution in [0.4, 0.5) is 4.39 Å². The smallest absolute Gasteiger partial charge is 0.166 e. The largest absolute Gasteiger partial charge is 0.294 e. The third-order valence-electron chi connectivity index (χ3n) is 1.80. The van der Waals surface area contributed by atoms with Gasteiger partial charge in [0, 0.05) is 16.6 Å². The maximum atomic E-state index is 13.4. The summed E-state index contributed by atoms with van der Waals surface area (Å²) in [5, 5.41) is 0.565. The Morgan fingerprint density at radius 1 is 1.57 bits per heavy atom. The van der Waals surface area contributed by atoms with E-state index >= 15 is 0 Å². The van der Waals surface area contributed by atoms with Gasteiger partial charge in [0.05, 0.1) is 5.56 Å². The van der Waals surface area contributed by atoms with E-state index in [1.807, 2.05) is 6.26 Å². The lowest BCUT2D eigenvalue weighted by Crippen LogP contribution is -2.02. The first-order chi connectivity index (χ1) is 6.69. The van der Waals surface area contributed by atoms with E-state index in [0.717, 1.165) is 4.90 Å². The number of Topliss-reactive ketones (excluding diaryl/α,β-unsaturated/α-hetero) is 1. The van der Waals surface area contributed by atoms with Gasteiger partial charge in [0.15, 0.2) is 5.78 Å². The number of alkyl halides is 1. The zero-order chi connectivity index (χ0) is 10.6. The number of carbonyl (C=O) groups excluding carboxylic acids is 1. The second kappa shape index (κ2) is 5.51. The Kier molecular flexibility index (Phi) is 4.62. The Morgan fingerprint density at radius 2 is 2.29 bits per heavy atom. The van der Waals surface area contributed by atoms with Crippen LogP contribution in [0.5, 0.6) is 0 Å². The Bertz CT molecular complexity index is 341. The van der Waals surface area contributed by atoms with E-state index in [9.17, 15) is 9.18 Å². The van der Waals surface area contributed by atoms with Crippen LogP contribution < -0.4 is 0 Å². The summed E-state index contributed by atoms with van der Waals surface area (Å²) in [5.74, 6) is -0.588. The highest BCUT2D eigenvalue weighted by Gasteiger charge is 2.10. The molecule has 1 nitrogen and oxygen atoms in total. The first-order valence-electron chi connectivity index (χ1n) is 4.11. The van der Waals surface area contributed by atoms with Crippen molar-refractivity contribution in [1.29, 1.82) is 0 Å². The lowest BCUT2D eigenvalue weighted by molar-refractivity contribution is 0.0986. The van der Waals surface area contributed by atoms with Crippen molar-refractivity contribution in [3.8, 4) is 0 Å². The number of ketones is 1. The minimum atomic E-state index is -0.428. The van der Waals surface area contributed by atoms with E-state index in [1.54, 1.807) is 12.1 Å². The number of carbonyl (C=O) groups is 1. The van der Waals surface area contributed by atoms with Crippen LogP contribution in [0.3, 0.4) is 0 Å². The van der Waals surface area contributed by atoms with Crippen LogP contribution in [-0.4, -0.2) is 17.4 Å². The molecule has 0 spiro atoms. The van der Waals surface area contributed by atoms with E-state index in [-0.39, 0.29) is 11.3 Å². The molecule has 0 radical (unpaired) electrons. The number of thioether (sulfide) groups is 1. The monoisotopic (exact) mass is 276 g/mol. The summed E-state index contributed by atoms with van der Waals surface area (Å²) in [5.41, 5.74) is 0.183. The molecule has 0 amide bonds. The maximum Gasteiger partial charge on any atom is 0.166 e. The Hall–Kier alpha value is -0.350. The molecule has 76 valence electrons. The molecule has 0 aliphatic carbocycles. The van der Waals surface area contributed by atoms with Crippen molar-refractivity contribution in [3.63, 3.8) is 0 Å². The molecule has 0 aromatic heterocycles. The van der Waals surface area contributed by atoms with Gasteiger partial charge in [0.25, 0.3) is 0 Å². The van der Waals surface area contributed by atoms with Crippen LogP contribution in [0, 0.1) is 5.82 Å². The molecule has 4 heteroatoms. The summed E-state index contributed by atoms with van der Waals surface area (Å²) in [6, 6.07) is 4.70. The third kappa shape index (κ3) is 2.82. The highest BCUT2D eigenvalue weighted by molar-refractivity contribution is 9.09. The van der Waals surface area contributed by atoms with Crippen LogP contribution in [-0.2, 0) is 0 Å². The van der Waals surface area contributed by atoms with Gasteiger partial charge < -0.3 is 0 Å². The van der Waals surface area contributed by atoms with Crippen molar-refractivity contribution in [2.45, 2.75) is 11.3 Å². The van der Waals surface area contributed by atoms with Gasteiger partial charge in [-0.2, -0.15) is 0 Å². The first kappa shape index (κ1) is 11.7. The zero-order valence-corrected chi connectivity index (χ0v) is 10.1. The molecular formula is C10H10BrFOS. The number of halogens is 2. The highest BCUT2D eigenvalue weighted by atomic mass is 79.9. The lowest BCUT2D eigenvalue weighted by atomic mass is 10.1. The molecule has 0 saturated carbocycles. The molecule has 0 bridgehead atoms. The van der Waals surface area contributed by atoms with Crippen molar-refractivity contribution in [2.24, 2.45) is 0 Å². The molecule has 0 heterocycles. The summed E-state index contributed by atoms with van der Waals surface area (Å²) in [6.45, 7) is 0. The predicted octanol–water partition coefficient (Wildman–Crippen LogP) is 3.52. The molecule has 1 aromatic carbocycles. The minimum absolute atomic E-state index is 0.160. The second-order valence-electron chi connectivity index (χ2n) is 2.71. The summed E-state index contributed by atoms with van der Waals surface area (Å²) >= 11 is 4.61. The molecule has 0 fully saturated rings. The first-order valence-corrected chi connectivity index (χ1v) is 6.46. The number of hydrogen-bond donors (Lipinski definition) is 0.